The van der Waals surface area contributed by atoms with E-state index in [-0.39, 0.29) is 5.28 Å². The summed E-state index contributed by atoms with van der Waals surface area (Å²) < 4.78 is 11.3. The summed E-state index contributed by atoms with van der Waals surface area (Å²) in [5.41, 5.74) is 0.763. The molecule has 9 heteroatoms. The Morgan fingerprint density at radius 1 is 1.21 bits per heavy atom. The summed E-state index contributed by atoms with van der Waals surface area (Å²) in [5, 5.41) is 2.81. The highest BCUT2D eigenvalue weighted by Crippen LogP contribution is 2.32. The van der Waals surface area contributed by atoms with E-state index in [0.717, 1.165) is 31.9 Å². The molecule has 1 aromatic carbocycles. The topological polar surface area (TPSA) is 79.8 Å². The summed E-state index contributed by atoms with van der Waals surface area (Å²) in [4.78, 5) is 24.8. The minimum atomic E-state index is -0.576. The SMILES string of the molecule is CN1CCN(c2cnc(Cl)nc2Oc2cccc(NC(=O)OC(C)(C)C)c2)CC1. The molecular formula is C20H26ClN5O3. The molecule has 0 radical (unpaired) electrons. The van der Waals surface area contributed by atoms with Crippen molar-refractivity contribution in [2.24, 2.45) is 0 Å². The van der Waals surface area contributed by atoms with Crippen molar-refractivity contribution in [3.63, 3.8) is 0 Å². The van der Waals surface area contributed by atoms with Gasteiger partial charge in [0.2, 0.25) is 11.2 Å². The lowest BCUT2D eigenvalue weighted by atomic mass is 10.2. The molecular weight excluding hydrogens is 394 g/mol. The summed E-state index contributed by atoms with van der Waals surface area (Å²) in [5.74, 6) is 0.896. The number of aromatic nitrogens is 2. The van der Waals surface area contributed by atoms with Crippen LogP contribution in [-0.2, 0) is 4.74 Å². The Bertz CT molecular complexity index is 863. The number of rotatable bonds is 4. The molecule has 2 heterocycles. The Hall–Kier alpha value is -2.58. The molecule has 1 saturated heterocycles. The Morgan fingerprint density at radius 2 is 1.93 bits per heavy atom. The van der Waals surface area contributed by atoms with E-state index in [0.29, 0.717) is 17.3 Å². The number of nitrogens with one attached hydrogen (secondary N) is 1. The van der Waals surface area contributed by atoms with Gasteiger partial charge in [0, 0.05) is 37.9 Å². The number of likely N-dealkylation sites (N-methyl/N-ethyl adjacent to an activating group) is 1. The first kappa shape index (κ1) is 21.1. The van der Waals surface area contributed by atoms with Crippen LogP contribution in [0.3, 0.4) is 0 Å². The van der Waals surface area contributed by atoms with Crippen LogP contribution in [-0.4, -0.2) is 59.8 Å². The van der Waals surface area contributed by atoms with Gasteiger partial charge >= 0.3 is 6.09 Å². The summed E-state index contributed by atoms with van der Waals surface area (Å²) in [6, 6.07) is 7.02. The van der Waals surface area contributed by atoms with E-state index in [9.17, 15) is 4.79 Å². The first-order valence-corrected chi connectivity index (χ1v) is 9.81. The monoisotopic (exact) mass is 419 g/mol. The van der Waals surface area contributed by atoms with Crippen molar-refractivity contribution in [3.8, 4) is 11.6 Å². The van der Waals surface area contributed by atoms with Crippen LogP contribution in [0.15, 0.2) is 30.5 Å². The second kappa shape index (κ2) is 8.84. The van der Waals surface area contributed by atoms with Crippen LogP contribution in [0.4, 0.5) is 16.2 Å². The number of carbonyl (C=O) groups excluding carboxylic acids is 1. The number of ether oxygens (including phenoxy) is 2. The lowest BCUT2D eigenvalue weighted by molar-refractivity contribution is 0.0636. The minimum Gasteiger partial charge on any atom is -0.444 e. The molecule has 0 aliphatic carbocycles. The molecule has 1 aliphatic heterocycles. The number of benzene rings is 1. The molecule has 2 aromatic rings. The highest BCUT2D eigenvalue weighted by molar-refractivity contribution is 6.28. The van der Waals surface area contributed by atoms with Crippen molar-refractivity contribution in [1.29, 1.82) is 0 Å². The number of nitrogens with zero attached hydrogens (tertiary/aromatic N) is 4. The highest BCUT2D eigenvalue weighted by Gasteiger charge is 2.21. The smallest absolute Gasteiger partial charge is 0.412 e. The molecule has 3 rings (SSSR count). The average molecular weight is 420 g/mol. The maximum atomic E-state index is 12.0. The molecule has 1 N–H and O–H groups in total. The Labute approximate surface area is 175 Å². The van der Waals surface area contributed by atoms with Gasteiger partial charge < -0.3 is 19.3 Å². The van der Waals surface area contributed by atoms with Gasteiger partial charge in [0.15, 0.2) is 0 Å². The number of piperazine rings is 1. The van der Waals surface area contributed by atoms with Crippen molar-refractivity contribution in [2.45, 2.75) is 26.4 Å². The van der Waals surface area contributed by atoms with Crippen molar-refractivity contribution in [2.75, 3.05) is 43.4 Å². The zero-order valence-electron chi connectivity index (χ0n) is 17.1. The molecule has 0 bridgehead atoms. The summed E-state index contributed by atoms with van der Waals surface area (Å²) in [6.45, 7) is 9.01. The van der Waals surface area contributed by atoms with Crippen molar-refractivity contribution >= 4 is 29.1 Å². The maximum absolute atomic E-state index is 12.0. The van der Waals surface area contributed by atoms with Gasteiger partial charge in [-0.05, 0) is 51.6 Å². The molecule has 156 valence electrons. The minimum absolute atomic E-state index is 0.112. The molecule has 29 heavy (non-hydrogen) atoms. The molecule has 1 fully saturated rings. The lowest BCUT2D eigenvalue weighted by Gasteiger charge is -2.34. The molecule has 1 aliphatic rings. The van der Waals surface area contributed by atoms with Gasteiger partial charge in [-0.2, -0.15) is 4.98 Å². The van der Waals surface area contributed by atoms with Crippen LogP contribution in [0.25, 0.3) is 0 Å². The number of amides is 1. The van der Waals surface area contributed by atoms with Crippen LogP contribution in [0.1, 0.15) is 20.8 Å². The number of hydrogen-bond donors (Lipinski definition) is 1. The quantitative estimate of drug-likeness (QED) is 0.749. The first-order valence-electron chi connectivity index (χ1n) is 9.43. The molecule has 0 saturated carbocycles. The van der Waals surface area contributed by atoms with Crippen LogP contribution in [0.2, 0.25) is 5.28 Å². The summed E-state index contributed by atoms with van der Waals surface area (Å²) in [7, 11) is 2.09. The third-order valence-corrected chi connectivity index (χ3v) is 4.43. The number of anilines is 2. The van der Waals surface area contributed by atoms with Gasteiger partial charge in [-0.3, -0.25) is 5.32 Å². The predicted octanol–water partition coefficient (Wildman–Crippen LogP) is 4.02. The summed E-state index contributed by atoms with van der Waals surface area (Å²) in [6.07, 6.45) is 1.15. The Balaban J connectivity index is 1.76. The molecule has 8 nitrogen and oxygen atoms in total. The van der Waals surface area contributed by atoms with Crippen LogP contribution >= 0.6 is 11.6 Å². The Kier molecular flexibility index (Phi) is 6.44. The highest BCUT2D eigenvalue weighted by atomic mass is 35.5. The van der Waals surface area contributed by atoms with E-state index >= 15 is 0 Å². The fourth-order valence-electron chi connectivity index (χ4n) is 2.85. The number of hydrogen-bond acceptors (Lipinski definition) is 7. The van der Waals surface area contributed by atoms with Crippen molar-refractivity contribution in [1.82, 2.24) is 14.9 Å². The fraction of sp³-hybridized carbons (Fsp3) is 0.450. The van der Waals surface area contributed by atoms with E-state index < -0.39 is 11.7 Å². The van der Waals surface area contributed by atoms with Crippen LogP contribution in [0.5, 0.6) is 11.6 Å². The van der Waals surface area contributed by atoms with E-state index in [1.807, 2.05) is 20.8 Å². The van der Waals surface area contributed by atoms with E-state index in [4.69, 9.17) is 21.1 Å². The van der Waals surface area contributed by atoms with E-state index in [2.05, 4.69) is 32.1 Å². The molecule has 0 atom stereocenters. The largest absolute Gasteiger partial charge is 0.444 e. The van der Waals surface area contributed by atoms with Crippen LogP contribution < -0.4 is 15.0 Å². The normalized spacial score (nSPS) is 15.1. The average Bonchev–Trinajstić information content (AvgIpc) is 2.61. The first-order chi connectivity index (χ1) is 13.7. The number of carbonyl (C=O) groups is 1. The molecule has 0 unspecified atom stereocenters. The lowest BCUT2D eigenvalue weighted by Crippen LogP contribution is -2.44. The second-order valence-electron chi connectivity index (χ2n) is 7.88. The molecule has 1 amide bonds. The zero-order valence-corrected chi connectivity index (χ0v) is 17.9. The summed E-state index contributed by atoms with van der Waals surface area (Å²) >= 11 is 6.00. The van der Waals surface area contributed by atoms with Gasteiger partial charge in [0.05, 0.1) is 6.20 Å². The van der Waals surface area contributed by atoms with Gasteiger partial charge in [-0.15, -0.1) is 0 Å². The number of halogens is 1. The van der Waals surface area contributed by atoms with Crippen molar-refractivity contribution in [3.05, 3.63) is 35.7 Å². The third kappa shape index (κ3) is 6.20. The fourth-order valence-corrected chi connectivity index (χ4v) is 2.97. The Morgan fingerprint density at radius 3 is 2.62 bits per heavy atom. The van der Waals surface area contributed by atoms with Gasteiger partial charge in [-0.1, -0.05) is 6.07 Å². The van der Waals surface area contributed by atoms with Crippen molar-refractivity contribution < 1.29 is 14.3 Å². The maximum Gasteiger partial charge on any atom is 0.412 e. The zero-order chi connectivity index (χ0) is 21.0. The third-order valence-electron chi connectivity index (χ3n) is 4.24. The van der Waals surface area contributed by atoms with E-state index in [1.165, 1.54) is 0 Å². The standard InChI is InChI=1S/C20H26ClN5O3/c1-20(2,3)29-19(27)23-14-6-5-7-15(12-14)28-17-16(13-22-18(21)24-17)26-10-8-25(4)9-11-26/h5-7,12-13H,8-11H2,1-4H3,(H,23,27). The molecule has 0 spiro atoms. The van der Waals surface area contributed by atoms with Gasteiger partial charge in [0.25, 0.3) is 0 Å². The predicted molar refractivity (Wildman–Crippen MR) is 113 cm³/mol. The van der Waals surface area contributed by atoms with E-state index in [1.54, 1.807) is 30.5 Å². The van der Waals surface area contributed by atoms with Gasteiger partial charge in [0.1, 0.15) is 17.0 Å². The van der Waals surface area contributed by atoms with Gasteiger partial charge in [-0.25, -0.2) is 9.78 Å². The van der Waals surface area contributed by atoms with Crippen LogP contribution in [0, 0.1) is 0 Å². The second-order valence-corrected chi connectivity index (χ2v) is 8.21. The molecule has 1 aromatic heterocycles.